The number of pyridine rings is 1. The number of aryl methyl sites for hydroxylation is 1. The molecule has 0 saturated heterocycles. The van der Waals surface area contributed by atoms with Crippen molar-refractivity contribution in [1.29, 1.82) is 0 Å². The van der Waals surface area contributed by atoms with E-state index in [0.29, 0.717) is 13.0 Å². The highest BCUT2D eigenvalue weighted by Gasteiger charge is 2.24. The molecule has 0 aliphatic heterocycles. The Morgan fingerprint density at radius 1 is 1.26 bits per heavy atom. The summed E-state index contributed by atoms with van der Waals surface area (Å²) >= 11 is 1.51. The lowest BCUT2D eigenvalue weighted by Gasteiger charge is -2.24. The summed E-state index contributed by atoms with van der Waals surface area (Å²) in [6, 6.07) is 11.9. The van der Waals surface area contributed by atoms with Crippen LogP contribution in [0.2, 0.25) is 0 Å². The zero-order valence-corrected chi connectivity index (χ0v) is 16.5. The minimum absolute atomic E-state index is 0.0223. The number of carbonyl (C=O) groups is 1. The van der Waals surface area contributed by atoms with E-state index >= 15 is 0 Å². The van der Waals surface area contributed by atoms with Gasteiger partial charge in [-0.05, 0) is 24.6 Å². The van der Waals surface area contributed by atoms with E-state index in [0.717, 1.165) is 26.8 Å². The molecule has 140 valence electrons. The van der Waals surface area contributed by atoms with Crippen molar-refractivity contribution in [3.8, 4) is 10.6 Å². The molecule has 6 nitrogen and oxygen atoms in total. The molecule has 7 heteroatoms. The normalized spacial score (nSPS) is 12.0. The number of hydrogen-bond acceptors (Lipinski definition) is 6. The van der Waals surface area contributed by atoms with E-state index in [2.05, 4.69) is 34.2 Å². The maximum absolute atomic E-state index is 12.0. The summed E-state index contributed by atoms with van der Waals surface area (Å²) in [6.45, 7) is 4.06. The third kappa shape index (κ3) is 4.56. The van der Waals surface area contributed by atoms with Crippen LogP contribution in [0.5, 0.6) is 0 Å². The second-order valence-electron chi connectivity index (χ2n) is 6.53. The molecule has 0 aliphatic rings. The molecule has 1 amide bonds. The molecule has 0 radical (unpaired) electrons. The summed E-state index contributed by atoms with van der Waals surface area (Å²) in [5.41, 5.74) is 9.71. The quantitative estimate of drug-likeness (QED) is 0.709. The van der Waals surface area contributed by atoms with Crippen LogP contribution < -0.4 is 5.73 Å². The predicted octanol–water partition coefficient (Wildman–Crippen LogP) is 3.13. The summed E-state index contributed by atoms with van der Waals surface area (Å²) in [4.78, 5) is 18.2. The van der Waals surface area contributed by atoms with E-state index in [1.807, 2.05) is 24.3 Å². The van der Waals surface area contributed by atoms with Crippen molar-refractivity contribution >= 4 is 17.2 Å². The van der Waals surface area contributed by atoms with E-state index in [4.69, 9.17) is 5.73 Å². The number of hydrogen-bond donors (Lipinski definition) is 1. The van der Waals surface area contributed by atoms with Gasteiger partial charge in [-0.25, -0.2) is 0 Å². The molecule has 2 N–H and O–H groups in total. The van der Waals surface area contributed by atoms with Crippen LogP contribution in [-0.4, -0.2) is 33.0 Å². The van der Waals surface area contributed by atoms with Crippen molar-refractivity contribution < 1.29 is 4.79 Å². The van der Waals surface area contributed by atoms with Gasteiger partial charge in [0.1, 0.15) is 10.0 Å². The predicted molar refractivity (Wildman–Crippen MR) is 107 cm³/mol. The van der Waals surface area contributed by atoms with E-state index in [1.165, 1.54) is 16.9 Å². The molecule has 2 heterocycles. The highest BCUT2D eigenvalue weighted by molar-refractivity contribution is 7.14. The first-order valence-corrected chi connectivity index (χ1v) is 9.57. The van der Waals surface area contributed by atoms with Gasteiger partial charge in [0.15, 0.2) is 0 Å². The Labute approximate surface area is 163 Å². The zero-order chi connectivity index (χ0) is 19.4. The summed E-state index contributed by atoms with van der Waals surface area (Å²) in [5, 5.41) is 10.4. The highest BCUT2D eigenvalue weighted by Crippen LogP contribution is 2.31. The van der Waals surface area contributed by atoms with Gasteiger partial charge in [0.05, 0.1) is 6.04 Å². The monoisotopic (exact) mass is 381 g/mol. The lowest BCUT2D eigenvalue weighted by molar-refractivity contribution is -0.129. The topological polar surface area (TPSA) is 85.0 Å². The molecule has 0 aliphatic carbocycles. The van der Waals surface area contributed by atoms with E-state index in [9.17, 15) is 4.79 Å². The lowest BCUT2D eigenvalue weighted by atomic mass is 10.1. The van der Waals surface area contributed by atoms with Gasteiger partial charge in [-0.3, -0.25) is 9.78 Å². The molecule has 1 atom stereocenters. The average Bonchev–Trinajstić information content (AvgIpc) is 3.16. The maximum atomic E-state index is 12.0. The Balaban J connectivity index is 1.90. The number of likely N-dealkylation sites (N-methyl/N-ethyl adjacent to an activating group) is 1. The number of rotatable bonds is 6. The third-order valence-corrected chi connectivity index (χ3v) is 5.55. The third-order valence-electron chi connectivity index (χ3n) is 4.48. The van der Waals surface area contributed by atoms with E-state index in [1.54, 1.807) is 25.1 Å². The molecule has 1 unspecified atom stereocenters. The first-order chi connectivity index (χ1) is 13.0. The Kier molecular flexibility index (Phi) is 5.93. The van der Waals surface area contributed by atoms with Crippen LogP contribution in [-0.2, 0) is 17.8 Å². The number of aromatic nitrogens is 3. The average molecular weight is 382 g/mol. The van der Waals surface area contributed by atoms with Crippen LogP contribution in [0.25, 0.3) is 10.6 Å². The molecular formula is C20H23N5OS. The molecular weight excluding hydrogens is 358 g/mol. The lowest BCUT2D eigenvalue weighted by Crippen LogP contribution is -2.30. The highest BCUT2D eigenvalue weighted by atomic mass is 32.1. The van der Waals surface area contributed by atoms with Crippen molar-refractivity contribution in [2.24, 2.45) is 5.73 Å². The summed E-state index contributed by atoms with van der Waals surface area (Å²) in [6.07, 6.45) is 2.35. The van der Waals surface area contributed by atoms with Crippen molar-refractivity contribution in [1.82, 2.24) is 20.1 Å². The van der Waals surface area contributed by atoms with E-state index < -0.39 is 0 Å². The van der Waals surface area contributed by atoms with Gasteiger partial charge in [-0.15, -0.1) is 10.2 Å². The number of nitrogens with two attached hydrogens (primary N) is 1. The maximum Gasteiger partial charge on any atom is 0.219 e. The molecule has 2 aromatic heterocycles. The fourth-order valence-corrected chi connectivity index (χ4v) is 3.75. The van der Waals surface area contributed by atoms with Gasteiger partial charge < -0.3 is 10.6 Å². The Morgan fingerprint density at radius 3 is 2.70 bits per heavy atom. The second-order valence-corrected chi connectivity index (χ2v) is 7.54. The van der Waals surface area contributed by atoms with Crippen molar-refractivity contribution in [3.63, 3.8) is 0 Å². The van der Waals surface area contributed by atoms with Gasteiger partial charge in [0, 0.05) is 44.4 Å². The van der Waals surface area contributed by atoms with Gasteiger partial charge in [-0.1, -0.05) is 41.2 Å². The van der Waals surface area contributed by atoms with Crippen LogP contribution >= 0.6 is 11.3 Å². The SMILES string of the molecule is CC(=O)N(C)C(Cc1ccc(CN)cn1)c1nnc(-c2cccc(C)c2)s1. The summed E-state index contributed by atoms with van der Waals surface area (Å²) in [7, 11) is 1.79. The minimum atomic E-state index is -0.213. The van der Waals surface area contributed by atoms with Crippen LogP contribution in [0.1, 0.15) is 34.8 Å². The molecule has 3 aromatic rings. The Hall–Kier alpha value is -2.64. The van der Waals surface area contributed by atoms with Gasteiger partial charge >= 0.3 is 0 Å². The zero-order valence-electron chi connectivity index (χ0n) is 15.7. The molecule has 1 aromatic carbocycles. The number of amides is 1. The van der Waals surface area contributed by atoms with Crippen molar-refractivity contribution in [3.05, 3.63) is 64.4 Å². The van der Waals surface area contributed by atoms with Crippen molar-refractivity contribution in [2.75, 3.05) is 7.05 Å². The molecule has 27 heavy (non-hydrogen) atoms. The second kappa shape index (κ2) is 8.37. The Morgan fingerprint density at radius 2 is 2.07 bits per heavy atom. The molecule has 0 fully saturated rings. The number of nitrogens with zero attached hydrogens (tertiary/aromatic N) is 4. The molecule has 0 saturated carbocycles. The van der Waals surface area contributed by atoms with Gasteiger partial charge in [0.2, 0.25) is 5.91 Å². The first kappa shape index (κ1) is 19.1. The van der Waals surface area contributed by atoms with Crippen LogP contribution in [0.3, 0.4) is 0 Å². The van der Waals surface area contributed by atoms with Gasteiger partial charge in [-0.2, -0.15) is 0 Å². The first-order valence-electron chi connectivity index (χ1n) is 8.75. The molecule has 0 bridgehead atoms. The number of benzene rings is 1. The largest absolute Gasteiger partial charge is 0.336 e. The fraction of sp³-hybridized carbons (Fsp3) is 0.300. The summed E-state index contributed by atoms with van der Waals surface area (Å²) in [5.74, 6) is -0.0223. The minimum Gasteiger partial charge on any atom is -0.336 e. The van der Waals surface area contributed by atoms with Crippen LogP contribution in [0.4, 0.5) is 0 Å². The van der Waals surface area contributed by atoms with Crippen molar-refractivity contribution in [2.45, 2.75) is 32.9 Å². The van der Waals surface area contributed by atoms with Crippen LogP contribution in [0, 0.1) is 6.92 Å². The molecule has 0 spiro atoms. The fourth-order valence-electron chi connectivity index (χ4n) is 2.77. The smallest absolute Gasteiger partial charge is 0.219 e. The molecule has 3 rings (SSSR count). The van der Waals surface area contributed by atoms with E-state index in [-0.39, 0.29) is 11.9 Å². The van der Waals surface area contributed by atoms with Gasteiger partial charge in [0.25, 0.3) is 0 Å². The van der Waals surface area contributed by atoms with Crippen LogP contribution in [0.15, 0.2) is 42.6 Å². The number of carbonyl (C=O) groups excluding carboxylic acids is 1. The Bertz CT molecular complexity index is 922. The summed E-state index contributed by atoms with van der Waals surface area (Å²) < 4.78 is 0. The standard InChI is InChI=1S/C20H23N5OS/c1-13-5-4-6-16(9-13)19-23-24-20(27-19)18(25(3)14(2)26)10-17-8-7-15(11-21)12-22-17/h4-9,12,18H,10-11,21H2,1-3H3.